The summed E-state index contributed by atoms with van der Waals surface area (Å²) in [6.07, 6.45) is 3.78. The van der Waals surface area contributed by atoms with Crippen molar-refractivity contribution in [1.82, 2.24) is 4.90 Å². The zero-order valence-corrected chi connectivity index (χ0v) is 14.1. The number of amides is 1. The van der Waals surface area contributed by atoms with Crippen LogP contribution in [0.1, 0.15) is 43.6 Å². The Hall–Kier alpha value is -2.04. The lowest BCUT2D eigenvalue weighted by atomic mass is 9.93. The summed E-state index contributed by atoms with van der Waals surface area (Å²) in [6, 6.07) is 7.97. The minimum atomic E-state index is -0.751. The van der Waals surface area contributed by atoms with Gasteiger partial charge in [-0.1, -0.05) is 12.1 Å². The van der Waals surface area contributed by atoms with Crippen LogP contribution in [0.3, 0.4) is 0 Å². The zero-order valence-electron chi connectivity index (χ0n) is 14.1. The van der Waals surface area contributed by atoms with Crippen LogP contribution in [0.5, 0.6) is 5.75 Å². The molecule has 1 aliphatic heterocycles. The molecule has 1 N–H and O–H groups in total. The fraction of sp³-hybridized carbons (Fsp3) is 0.579. The van der Waals surface area contributed by atoms with Crippen LogP contribution in [-0.2, 0) is 9.59 Å². The van der Waals surface area contributed by atoms with Crippen molar-refractivity contribution in [2.45, 2.75) is 38.0 Å². The molecule has 0 aromatic heterocycles. The van der Waals surface area contributed by atoms with E-state index in [0.717, 1.165) is 31.6 Å². The first-order valence-electron chi connectivity index (χ1n) is 8.73. The van der Waals surface area contributed by atoms with Gasteiger partial charge in [0.25, 0.3) is 0 Å². The highest BCUT2D eigenvalue weighted by Crippen LogP contribution is 2.49. The number of benzene rings is 1. The number of likely N-dealkylation sites (tertiary alicyclic amines) is 1. The Morgan fingerprint density at radius 3 is 2.96 bits per heavy atom. The van der Waals surface area contributed by atoms with Crippen LogP contribution < -0.4 is 4.74 Å². The molecule has 1 amide bonds. The summed E-state index contributed by atoms with van der Waals surface area (Å²) in [5.41, 5.74) is 1.17. The number of carboxylic acid groups (broad SMARTS) is 1. The summed E-state index contributed by atoms with van der Waals surface area (Å²) in [5.74, 6) is 1.02. The van der Waals surface area contributed by atoms with Crippen molar-refractivity contribution in [3.63, 3.8) is 0 Å². The molecule has 3 atom stereocenters. The number of hydrogen-bond donors (Lipinski definition) is 1. The highest BCUT2D eigenvalue weighted by molar-refractivity contribution is 5.83. The summed E-state index contributed by atoms with van der Waals surface area (Å²) < 4.78 is 5.26. The fourth-order valence-electron chi connectivity index (χ4n) is 3.77. The second kappa shape index (κ2) is 7.24. The average molecular weight is 331 g/mol. The molecule has 1 saturated carbocycles. The first-order valence-corrected chi connectivity index (χ1v) is 8.73. The third kappa shape index (κ3) is 3.89. The fourth-order valence-corrected chi connectivity index (χ4v) is 3.77. The summed E-state index contributed by atoms with van der Waals surface area (Å²) in [7, 11) is 1.65. The van der Waals surface area contributed by atoms with Crippen molar-refractivity contribution < 1.29 is 19.4 Å². The molecule has 1 aliphatic carbocycles. The first-order chi connectivity index (χ1) is 11.6. The van der Waals surface area contributed by atoms with Crippen molar-refractivity contribution in [1.29, 1.82) is 0 Å². The standard InChI is InChI=1S/C19H25NO4/c1-24-15-6-2-5-14(10-15)16-11-17(16)19(23)20-9-3-4-13(12-20)7-8-18(21)22/h2,5-6,10,13,16-17H,3-4,7-9,11-12H2,1H3,(H,21,22). The van der Waals surface area contributed by atoms with E-state index in [-0.39, 0.29) is 18.2 Å². The van der Waals surface area contributed by atoms with Crippen molar-refractivity contribution in [2.24, 2.45) is 11.8 Å². The lowest BCUT2D eigenvalue weighted by molar-refractivity contribution is -0.137. The van der Waals surface area contributed by atoms with Gasteiger partial charge in [0.1, 0.15) is 5.75 Å². The normalized spacial score (nSPS) is 26.0. The lowest BCUT2D eigenvalue weighted by Crippen LogP contribution is -2.41. The second-order valence-corrected chi connectivity index (χ2v) is 6.95. The van der Waals surface area contributed by atoms with E-state index >= 15 is 0 Å². The van der Waals surface area contributed by atoms with Gasteiger partial charge in [0.15, 0.2) is 0 Å². The average Bonchev–Trinajstić information content (AvgIpc) is 3.40. The number of ether oxygens (including phenoxy) is 1. The minimum Gasteiger partial charge on any atom is -0.497 e. The summed E-state index contributed by atoms with van der Waals surface area (Å²) >= 11 is 0. The Morgan fingerprint density at radius 2 is 2.21 bits per heavy atom. The number of carbonyl (C=O) groups excluding carboxylic acids is 1. The molecule has 2 aliphatic rings. The number of carbonyl (C=O) groups is 2. The predicted molar refractivity (Wildman–Crippen MR) is 90.0 cm³/mol. The molecule has 1 saturated heterocycles. The summed E-state index contributed by atoms with van der Waals surface area (Å²) in [4.78, 5) is 25.5. The number of rotatable bonds is 6. The van der Waals surface area contributed by atoms with Crippen molar-refractivity contribution in [2.75, 3.05) is 20.2 Å². The van der Waals surface area contributed by atoms with Gasteiger partial charge >= 0.3 is 5.97 Å². The summed E-state index contributed by atoms with van der Waals surface area (Å²) in [6.45, 7) is 1.52. The highest BCUT2D eigenvalue weighted by atomic mass is 16.5. The SMILES string of the molecule is COc1cccc(C2CC2C(=O)N2CCCC(CCC(=O)O)C2)c1. The van der Waals surface area contributed by atoms with Gasteiger partial charge in [0, 0.05) is 25.4 Å². The molecule has 1 aromatic rings. The molecule has 24 heavy (non-hydrogen) atoms. The number of piperidine rings is 1. The van der Waals surface area contributed by atoms with Crippen LogP contribution in [-0.4, -0.2) is 42.1 Å². The maximum atomic E-state index is 12.8. The molecule has 0 radical (unpaired) electrons. The monoisotopic (exact) mass is 331 g/mol. The number of aliphatic carboxylic acids is 1. The molecule has 1 heterocycles. The Balaban J connectivity index is 1.56. The molecule has 2 fully saturated rings. The molecule has 3 rings (SSSR count). The molecule has 130 valence electrons. The first kappa shape index (κ1) is 16.8. The Labute approximate surface area is 142 Å². The van der Waals surface area contributed by atoms with Gasteiger partial charge in [-0.2, -0.15) is 0 Å². The van der Waals surface area contributed by atoms with Crippen LogP contribution in [0.4, 0.5) is 0 Å². The molecule has 0 bridgehead atoms. The van der Waals surface area contributed by atoms with Crippen LogP contribution in [0.25, 0.3) is 0 Å². The van der Waals surface area contributed by atoms with Crippen LogP contribution >= 0.6 is 0 Å². The molecule has 0 spiro atoms. The smallest absolute Gasteiger partial charge is 0.303 e. The highest BCUT2D eigenvalue weighted by Gasteiger charge is 2.46. The number of carboxylic acids is 1. The van der Waals surface area contributed by atoms with E-state index in [9.17, 15) is 9.59 Å². The van der Waals surface area contributed by atoms with E-state index in [1.807, 2.05) is 23.1 Å². The van der Waals surface area contributed by atoms with Crippen LogP contribution in [0.2, 0.25) is 0 Å². The predicted octanol–water partition coefficient (Wildman–Crippen LogP) is 2.90. The van der Waals surface area contributed by atoms with E-state index in [0.29, 0.717) is 24.8 Å². The largest absolute Gasteiger partial charge is 0.497 e. The van der Waals surface area contributed by atoms with E-state index < -0.39 is 5.97 Å². The van der Waals surface area contributed by atoms with Gasteiger partial charge in [-0.25, -0.2) is 0 Å². The van der Waals surface area contributed by atoms with Gasteiger partial charge in [-0.05, 0) is 55.2 Å². The number of hydrogen-bond acceptors (Lipinski definition) is 3. The molecule has 1 aromatic carbocycles. The van der Waals surface area contributed by atoms with E-state index in [2.05, 4.69) is 6.07 Å². The zero-order chi connectivity index (χ0) is 17.1. The number of nitrogens with zero attached hydrogens (tertiary/aromatic N) is 1. The topological polar surface area (TPSA) is 66.8 Å². The van der Waals surface area contributed by atoms with E-state index in [1.165, 1.54) is 5.56 Å². The lowest BCUT2D eigenvalue weighted by Gasteiger charge is -2.33. The summed E-state index contributed by atoms with van der Waals surface area (Å²) in [5, 5.41) is 8.83. The van der Waals surface area contributed by atoms with E-state index in [1.54, 1.807) is 7.11 Å². The van der Waals surface area contributed by atoms with Gasteiger partial charge in [0.05, 0.1) is 7.11 Å². The molecular formula is C19H25NO4. The Kier molecular flexibility index (Phi) is 5.07. The molecule has 5 heteroatoms. The van der Waals surface area contributed by atoms with Crippen LogP contribution in [0.15, 0.2) is 24.3 Å². The van der Waals surface area contributed by atoms with Gasteiger partial charge in [-0.3, -0.25) is 9.59 Å². The maximum absolute atomic E-state index is 12.8. The molecule has 3 unspecified atom stereocenters. The van der Waals surface area contributed by atoms with Crippen molar-refractivity contribution in [3.05, 3.63) is 29.8 Å². The van der Waals surface area contributed by atoms with Gasteiger partial charge in [0.2, 0.25) is 5.91 Å². The van der Waals surface area contributed by atoms with Gasteiger partial charge in [-0.15, -0.1) is 0 Å². The Bertz CT molecular complexity index is 615. The van der Waals surface area contributed by atoms with Crippen molar-refractivity contribution >= 4 is 11.9 Å². The van der Waals surface area contributed by atoms with E-state index in [4.69, 9.17) is 9.84 Å². The molecule has 5 nitrogen and oxygen atoms in total. The van der Waals surface area contributed by atoms with Crippen LogP contribution in [0, 0.1) is 11.8 Å². The third-order valence-corrected chi connectivity index (χ3v) is 5.23. The quantitative estimate of drug-likeness (QED) is 0.870. The third-order valence-electron chi connectivity index (χ3n) is 5.23. The minimum absolute atomic E-state index is 0.0790. The maximum Gasteiger partial charge on any atom is 0.303 e. The van der Waals surface area contributed by atoms with Gasteiger partial charge < -0.3 is 14.7 Å². The molecular weight excluding hydrogens is 306 g/mol. The Morgan fingerprint density at radius 1 is 1.38 bits per heavy atom. The number of methoxy groups -OCH3 is 1. The van der Waals surface area contributed by atoms with Crippen molar-refractivity contribution in [3.8, 4) is 5.75 Å². The second-order valence-electron chi connectivity index (χ2n) is 6.95.